The Bertz CT molecular complexity index is 1050. The van der Waals surface area contributed by atoms with Gasteiger partial charge in [0, 0.05) is 35.3 Å². The molecule has 0 spiro atoms. The van der Waals surface area contributed by atoms with Gasteiger partial charge in [0.1, 0.15) is 0 Å². The van der Waals surface area contributed by atoms with Crippen LogP contribution in [0.25, 0.3) is 20.4 Å². The molecule has 4 heterocycles. The number of nitrogens with zero attached hydrogens (tertiary/aromatic N) is 4. The molecule has 0 aliphatic rings. The predicted molar refractivity (Wildman–Crippen MR) is 110 cm³/mol. The third-order valence-electron chi connectivity index (χ3n) is 4.37. The number of aromatic nitrogens is 4. The summed E-state index contributed by atoms with van der Waals surface area (Å²) in [5.41, 5.74) is 3.06. The van der Waals surface area contributed by atoms with E-state index in [-0.39, 0.29) is 10.8 Å². The minimum Gasteiger partial charge on any atom is -0.262 e. The number of pyridine rings is 2. The van der Waals surface area contributed by atoms with Gasteiger partial charge in [-0.15, -0.1) is 22.7 Å². The maximum atomic E-state index is 4.84. The molecule has 0 saturated carbocycles. The van der Waals surface area contributed by atoms with E-state index in [0.29, 0.717) is 0 Å². The molecule has 0 aliphatic carbocycles. The molecule has 4 rings (SSSR count). The average Bonchev–Trinajstić information content (AvgIpc) is 3.18. The lowest BCUT2D eigenvalue weighted by atomic mass is 9.88. The third-order valence-corrected chi connectivity index (χ3v) is 7.20. The lowest BCUT2D eigenvalue weighted by Gasteiger charge is -2.21. The Morgan fingerprint density at radius 3 is 2.35 bits per heavy atom. The van der Waals surface area contributed by atoms with Crippen molar-refractivity contribution in [3.63, 3.8) is 0 Å². The quantitative estimate of drug-likeness (QED) is 0.468. The highest BCUT2D eigenvalue weighted by Crippen LogP contribution is 2.35. The lowest BCUT2D eigenvalue weighted by Crippen LogP contribution is -2.20. The van der Waals surface area contributed by atoms with E-state index in [2.05, 4.69) is 45.7 Å². The molecule has 0 saturated heterocycles. The number of thiazole rings is 2. The van der Waals surface area contributed by atoms with Crippen LogP contribution in [0, 0.1) is 0 Å². The van der Waals surface area contributed by atoms with Crippen LogP contribution in [0.3, 0.4) is 0 Å². The maximum Gasteiger partial charge on any atom is 0.0999 e. The molecule has 0 unspecified atom stereocenters. The van der Waals surface area contributed by atoms with Crippen LogP contribution >= 0.6 is 22.7 Å². The minimum atomic E-state index is -0.0900. The van der Waals surface area contributed by atoms with E-state index in [1.54, 1.807) is 22.7 Å². The lowest BCUT2D eigenvalue weighted by molar-refractivity contribution is 0.513. The summed E-state index contributed by atoms with van der Waals surface area (Å²) in [6, 6.07) is 4.16. The molecule has 0 N–H and O–H groups in total. The summed E-state index contributed by atoms with van der Waals surface area (Å²) in [5.74, 6) is 0. The molecule has 134 valence electrons. The van der Waals surface area contributed by atoms with Crippen LogP contribution in [0.2, 0.25) is 0 Å². The first kappa shape index (κ1) is 17.5. The van der Waals surface area contributed by atoms with E-state index in [9.17, 15) is 0 Å². The molecule has 0 atom stereocenters. The van der Waals surface area contributed by atoms with Crippen molar-refractivity contribution in [2.45, 2.75) is 51.9 Å². The first-order chi connectivity index (χ1) is 12.2. The van der Waals surface area contributed by atoms with Gasteiger partial charge in [-0.05, 0) is 12.1 Å². The second-order valence-electron chi connectivity index (χ2n) is 8.34. The molecular weight excluding hydrogens is 360 g/mol. The Morgan fingerprint density at radius 1 is 0.885 bits per heavy atom. The summed E-state index contributed by atoms with van der Waals surface area (Å²) < 4.78 is 2.34. The summed E-state index contributed by atoms with van der Waals surface area (Å²) in [6.45, 7) is 11.1. The van der Waals surface area contributed by atoms with Gasteiger partial charge < -0.3 is 0 Å². The van der Waals surface area contributed by atoms with Gasteiger partial charge in [-0.25, -0.2) is 9.97 Å². The van der Waals surface area contributed by atoms with Crippen molar-refractivity contribution in [1.29, 1.82) is 0 Å². The van der Waals surface area contributed by atoms with Crippen molar-refractivity contribution in [3.8, 4) is 0 Å². The van der Waals surface area contributed by atoms with Crippen molar-refractivity contribution in [3.05, 3.63) is 46.4 Å². The zero-order valence-electron chi connectivity index (χ0n) is 15.7. The zero-order valence-corrected chi connectivity index (χ0v) is 17.3. The van der Waals surface area contributed by atoms with Gasteiger partial charge in [-0.3, -0.25) is 9.97 Å². The molecule has 0 amide bonds. The van der Waals surface area contributed by atoms with Crippen LogP contribution in [0.5, 0.6) is 0 Å². The van der Waals surface area contributed by atoms with E-state index in [0.717, 1.165) is 37.9 Å². The first-order valence-electron chi connectivity index (χ1n) is 8.69. The Hall–Kier alpha value is -1.92. The smallest absolute Gasteiger partial charge is 0.0999 e. The van der Waals surface area contributed by atoms with Crippen LogP contribution in [0.1, 0.15) is 50.3 Å². The van der Waals surface area contributed by atoms with Crippen molar-refractivity contribution < 1.29 is 0 Å². The SMILES string of the molecule is CC(C)(C)c1nc2cc(CC(C)(C)c3nc4cnccc4s3)ncc2s1. The highest BCUT2D eigenvalue weighted by atomic mass is 32.1. The normalized spacial score (nSPS) is 13.0. The average molecular weight is 383 g/mol. The van der Waals surface area contributed by atoms with Crippen molar-refractivity contribution >= 4 is 43.1 Å². The van der Waals surface area contributed by atoms with Crippen LogP contribution in [0.15, 0.2) is 30.7 Å². The highest BCUT2D eigenvalue weighted by molar-refractivity contribution is 7.19. The summed E-state index contributed by atoms with van der Waals surface area (Å²) in [6.07, 6.45) is 6.45. The fourth-order valence-electron chi connectivity index (χ4n) is 2.89. The Balaban J connectivity index is 1.66. The second-order valence-corrected chi connectivity index (χ2v) is 10.4. The number of fused-ring (bicyclic) bond motifs is 2. The van der Waals surface area contributed by atoms with E-state index in [1.807, 2.05) is 24.7 Å². The largest absolute Gasteiger partial charge is 0.262 e. The van der Waals surface area contributed by atoms with Gasteiger partial charge in [0.2, 0.25) is 0 Å². The minimum absolute atomic E-state index is 0.0676. The zero-order chi connectivity index (χ0) is 18.5. The molecule has 4 nitrogen and oxygen atoms in total. The molecule has 26 heavy (non-hydrogen) atoms. The molecule has 6 heteroatoms. The number of hydrogen-bond acceptors (Lipinski definition) is 6. The standard InChI is InChI=1S/C20H22N4S2/c1-19(2,3)17-23-13-8-12(22-11-16(13)26-17)9-20(4,5)18-24-14-10-21-7-6-15(14)25-18/h6-8,10-11H,9H2,1-5H3. The van der Waals surface area contributed by atoms with E-state index in [4.69, 9.17) is 15.0 Å². The summed E-state index contributed by atoms with van der Waals surface area (Å²) in [4.78, 5) is 18.5. The number of hydrogen-bond donors (Lipinski definition) is 0. The van der Waals surface area contributed by atoms with Crippen LogP contribution < -0.4 is 0 Å². The van der Waals surface area contributed by atoms with Gasteiger partial charge >= 0.3 is 0 Å². The van der Waals surface area contributed by atoms with Crippen LogP contribution in [0.4, 0.5) is 0 Å². The Kier molecular flexibility index (Phi) is 4.08. The Morgan fingerprint density at radius 2 is 1.62 bits per heavy atom. The summed E-state index contributed by atoms with van der Waals surface area (Å²) in [7, 11) is 0. The topological polar surface area (TPSA) is 51.6 Å². The third kappa shape index (κ3) is 3.23. The molecule has 0 aliphatic heterocycles. The van der Waals surface area contributed by atoms with Gasteiger partial charge in [0.05, 0.1) is 36.6 Å². The highest BCUT2D eigenvalue weighted by Gasteiger charge is 2.26. The molecular formula is C20H22N4S2. The van der Waals surface area contributed by atoms with E-state index in [1.165, 1.54) is 4.70 Å². The van der Waals surface area contributed by atoms with E-state index >= 15 is 0 Å². The fourth-order valence-corrected chi connectivity index (χ4v) is 4.90. The van der Waals surface area contributed by atoms with Gasteiger partial charge in [0.25, 0.3) is 0 Å². The van der Waals surface area contributed by atoms with E-state index < -0.39 is 0 Å². The maximum absolute atomic E-state index is 4.84. The second kappa shape index (κ2) is 6.06. The van der Waals surface area contributed by atoms with Gasteiger partial charge in [-0.1, -0.05) is 34.6 Å². The molecule has 0 radical (unpaired) electrons. The molecule has 0 fully saturated rings. The van der Waals surface area contributed by atoms with Crippen LogP contribution in [-0.2, 0) is 17.3 Å². The monoisotopic (exact) mass is 382 g/mol. The Labute approximate surface area is 161 Å². The molecule has 4 aromatic heterocycles. The summed E-state index contributed by atoms with van der Waals surface area (Å²) >= 11 is 3.48. The van der Waals surface area contributed by atoms with Gasteiger partial charge in [-0.2, -0.15) is 0 Å². The van der Waals surface area contributed by atoms with Crippen molar-refractivity contribution in [2.24, 2.45) is 0 Å². The number of rotatable bonds is 3. The van der Waals surface area contributed by atoms with Crippen molar-refractivity contribution in [2.75, 3.05) is 0 Å². The summed E-state index contributed by atoms with van der Waals surface area (Å²) in [5, 5.41) is 2.28. The molecule has 0 aromatic carbocycles. The molecule has 0 bridgehead atoms. The van der Waals surface area contributed by atoms with Crippen LogP contribution in [-0.4, -0.2) is 19.9 Å². The fraction of sp³-hybridized carbons (Fsp3) is 0.400. The predicted octanol–water partition coefficient (Wildman–Crippen LogP) is 5.51. The van der Waals surface area contributed by atoms with Crippen molar-refractivity contribution in [1.82, 2.24) is 19.9 Å². The molecule has 4 aromatic rings. The first-order valence-corrected chi connectivity index (χ1v) is 10.3. The van der Waals surface area contributed by atoms with Gasteiger partial charge in [0.15, 0.2) is 0 Å².